The van der Waals surface area contributed by atoms with E-state index in [-0.39, 0.29) is 17.1 Å². The minimum Gasteiger partial charge on any atom is -0.444 e. The number of hydrogen-bond acceptors (Lipinski definition) is 2. The summed E-state index contributed by atoms with van der Waals surface area (Å²) in [5.74, 6) is -1.78. The van der Waals surface area contributed by atoms with Gasteiger partial charge in [-0.3, -0.25) is 0 Å². The molecule has 0 bridgehead atoms. The van der Waals surface area contributed by atoms with Crippen LogP contribution in [0.2, 0.25) is 0 Å². The van der Waals surface area contributed by atoms with Crippen LogP contribution in [0, 0.1) is 0 Å². The largest absolute Gasteiger partial charge is 2.00 e. The van der Waals surface area contributed by atoms with E-state index in [9.17, 15) is 31.1 Å². The van der Waals surface area contributed by atoms with Crippen molar-refractivity contribution in [2.75, 3.05) is 0 Å². The number of carbonyl (C=O) groups is 1. The van der Waals surface area contributed by atoms with Gasteiger partial charge in [0.15, 0.2) is 0 Å². The fourth-order valence-corrected chi connectivity index (χ4v) is 1.82. The normalized spacial score (nSPS) is 11.7. The predicted octanol–water partition coefficient (Wildman–Crippen LogP) is 5.25. The molecule has 2 rings (SSSR count). The van der Waals surface area contributed by atoms with Crippen LogP contribution in [-0.2, 0) is 32.2 Å². The standard InChI is InChI=1S/C12H9F6O2.C5H5.Fe/c1-7(2)9(19)20-10(11(13,14)15,12(16,17)18)8-5-3-4-6-8;1-2-4-5-3-1;/h3-6H,1H2,2H3;1-5H;/q2*-1;+2. The molecule has 0 saturated carbocycles. The molecule has 0 N–H and O–H groups in total. The van der Waals surface area contributed by atoms with Crippen molar-refractivity contribution in [1.82, 2.24) is 0 Å². The summed E-state index contributed by atoms with van der Waals surface area (Å²) < 4.78 is 82.0. The Balaban J connectivity index is 0.000000893. The third-order valence-electron chi connectivity index (χ3n) is 3.02. The van der Waals surface area contributed by atoms with Gasteiger partial charge in [0, 0.05) is 5.57 Å². The molecule has 0 aliphatic carbocycles. The summed E-state index contributed by atoms with van der Waals surface area (Å²) in [5, 5.41) is 0. The molecule has 2 nitrogen and oxygen atoms in total. The molecule has 9 heteroatoms. The molecular weight excluding hydrogens is 406 g/mol. The Labute approximate surface area is 156 Å². The van der Waals surface area contributed by atoms with Crippen LogP contribution in [0.5, 0.6) is 0 Å². The molecule has 26 heavy (non-hydrogen) atoms. The maximum Gasteiger partial charge on any atom is 2.00 e. The number of esters is 1. The summed E-state index contributed by atoms with van der Waals surface area (Å²) >= 11 is 0. The van der Waals surface area contributed by atoms with E-state index in [1.54, 1.807) is 0 Å². The van der Waals surface area contributed by atoms with Gasteiger partial charge in [0.2, 0.25) is 0 Å². The van der Waals surface area contributed by atoms with Crippen molar-refractivity contribution < 1.29 is 52.9 Å². The zero-order chi connectivity index (χ0) is 19.3. The van der Waals surface area contributed by atoms with Gasteiger partial charge < -0.3 is 4.74 Å². The van der Waals surface area contributed by atoms with E-state index in [1.165, 1.54) is 0 Å². The van der Waals surface area contributed by atoms with Crippen molar-refractivity contribution in [1.29, 1.82) is 0 Å². The van der Waals surface area contributed by atoms with E-state index < -0.39 is 35.1 Å². The van der Waals surface area contributed by atoms with Crippen molar-refractivity contribution in [2.24, 2.45) is 0 Å². The Kier molecular flexibility index (Phi) is 8.40. The molecule has 0 heterocycles. The van der Waals surface area contributed by atoms with Gasteiger partial charge in [-0.15, -0.1) is 0 Å². The summed E-state index contributed by atoms with van der Waals surface area (Å²) in [6.45, 7) is 3.92. The third-order valence-corrected chi connectivity index (χ3v) is 3.02. The molecule has 144 valence electrons. The van der Waals surface area contributed by atoms with E-state index in [2.05, 4.69) is 11.3 Å². The fraction of sp³-hybridized carbons (Fsp3) is 0.235. The number of rotatable bonds is 3. The number of hydrogen-bond donors (Lipinski definition) is 0. The Morgan fingerprint density at radius 2 is 1.38 bits per heavy atom. The molecule has 0 saturated heterocycles. The Morgan fingerprint density at radius 1 is 0.962 bits per heavy atom. The van der Waals surface area contributed by atoms with Crippen LogP contribution >= 0.6 is 0 Å². The Morgan fingerprint density at radius 3 is 1.65 bits per heavy atom. The molecule has 2 aromatic carbocycles. The summed E-state index contributed by atoms with van der Waals surface area (Å²) in [7, 11) is 0. The van der Waals surface area contributed by atoms with Crippen LogP contribution in [0.25, 0.3) is 0 Å². The van der Waals surface area contributed by atoms with E-state index in [0.717, 1.165) is 19.1 Å². The van der Waals surface area contributed by atoms with Crippen LogP contribution in [0.4, 0.5) is 26.3 Å². The van der Waals surface area contributed by atoms with Crippen molar-refractivity contribution in [2.45, 2.75) is 24.9 Å². The number of halogens is 6. The van der Waals surface area contributed by atoms with Crippen molar-refractivity contribution in [3.8, 4) is 0 Å². The monoisotopic (exact) mass is 420 g/mol. The van der Waals surface area contributed by atoms with Gasteiger partial charge in [-0.25, -0.2) is 29.1 Å². The molecule has 0 aromatic heterocycles. The molecule has 0 spiro atoms. The van der Waals surface area contributed by atoms with Gasteiger partial charge in [0.25, 0.3) is 5.60 Å². The Bertz CT molecular complexity index is 638. The predicted molar refractivity (Wildman–Crippen MR) is 78.8 cm³/mol. The van der Waals surface area contributed by atoms with Crippen molar-refractivity contribution in [3.05, 3.63) is 72.3 Å². The van der Waals surface area contributed by atoms with Gasteiger partial charge in [-0.1, -0.05) is 12.1 Å². The first-order valence-electron chi connectivity index (χ1n) is 6.84. The van der Waals surface area contributed by atoms with E-state index >= 15 is 0 Å². The van der Waals surface area contributed by atoms with Crippen LogP contribution in [0.15, 0.2) is 66.7 Å². The maximum absolute atomic E-state index is 13.0. The summed E-state index contributed by atoms with van der Waals surface area (Å²) in [6.07, 6.45) is -11.7. The molecule has 0 fully saturated rings. The second kappa shape index (κ2) is 9.09. The van der Waals surface area contributed by atoms with Gasteiger partial charge >= 0.3 is 35.4 Å². The average molecular weight is 420 g/mol. The van der Waals surface area contributed by atoms with Crippen LogP contribution < -0.4 is 0 Å². The quantitative estimate of drug-likeness (QED) is 0.223. The molecule has 0 amide bonds. The Hall–Kier alpha value is -1.99. The first kappa shape index (κ1) is 24.0. The molecule has 0 atom stereocenters. The average Bonchev–Trinajstić information content (AvgIpc) is 3.16. The van der Waals surface area contributed by atoms with Crippen LogP contribution in [0.3, 0.4) is 0 Å². The fourth-order valence-electron chi connectivity index (χ4n) is 1.82. The summed E-state index contributed by atoms with van der Waals surface area (Å²) in [5.41, 5.74) is -6.50. The first-order valence-corrected chi connectivity index (χ1v) is 6.84. The summed E-state index contributed by atoms with van der Waals surface area (Å²) in [4.78, 5) is 11.2. The molecule has 0 aliphatic heterocycles. The van der Waals surface area contributed by atoms with Crippen LogP contribution in [0.1, 0.15) is 12.5 Å². The van der Waals surface area contributed by atoms with Crippen LogP contribution in [-0.4, -0.2) is 18.3 Å². The summed E-state index contributed by atoms with van der Waals surface area (Å²) in [6, 6.07) is 13.1. The van der Waals surface area contributed by atoms with Crippen molar-refractivity contribution in [3.63, 3.8) is 0 Å². The minimum atomic E-state index is -5.87. The van der Waals surface area contributed by atoms with E-state index in [4.69, 9.17) is 0 Å². The number of carbonyl (C=O) groups excluding carboxylic acids is 1. The van der Waals surface area contributed by atoms with E-state index in [1.807, 2.05) is 30.3 Å². The zero-order valence-electron chi connectivity index (χ0n) is 13.3. The topological polar surface area (TPSA) is 26.3 Å². The van der Waals surface area contributed by atoms with Gasteiger partial charge in [-0.05, 0) is 6.92 Å². The second-order valence-corrected chi connectivity index (χ2v) is 4.98. The SMILES string of the molecule is C=C(C)C(=O)OC([c-]1cccc1)(C(F)(F)F)C(F)(F)F.[Fe+2].c1cc[cH-]c1. The molecule has 2 aromatic rings. The van der Waals surface area contributed by atoms with Crippen molar-refractivity contribution >= 4 is 5.97 Å². The van der Waals surface area contributed by atoms with Gasteiger partial charge in [0.1, 0.15) is 0 Å². The van der Waals surface area contributed by atoms with Gasteiger partial charge in [0.05, 0.1) is 0 Å². The molecule has 0 radical (unpaired) electrons. The maximum atomic E-state index is 13.0. The molecule has 0 aliphatic rings. The number of ether oxygens (including phenoxy) is 1. The zero-order valence-corrected chi connectivity index (χ0v) is 14.4. The second-order valence-electron chi connectivity index (χ2n) is 4.98. The minimum absolute atomic E-state index is 0. The molecule has 0 unspecified atom stereocenters. The smallest absolute Gasteiger partial charge is 0.444 e. The molecular formula is C17H14F6FeO2. The first-order chi connectivity index (χ1) is 11.4. The third kappa shape index (κ3) is 5.25. The van der Waals surface area contributed by atoms with E-state index in [0.29, 0.717) is 12.1 Å². The van der Waals surface area contributed by atoms with Gasteiger partial charge in [-0.2, -0.15) is 56.7 Å². The number of alkyl halides is 6.